The maximum atomic E-state index is 12.3. The molecule has 0 unspecified atom stereocenters. The van der Waals surface area contributed by atoms with E-state index in [2.05, 4.69) is 15.6 Å². The maximum Gasteiger partial charge on any atom is 0.400 e. The fourth-order valence-electron chi connectivity index (χ4n) is 3.30. The van der Waals surface area contributed by atoms with E-state index in [1.807, 2.05) is 0 Å². The van der Waals surface area contributed by atoms with Crippen molar-refractivity contribution in [3.05, 3.63) is 41.2 Å². The van der Waals surface area contributed by atoms with E-state index in [0.717, 1.165) is 12.8 Å². The lowest BCUT2D eigenvalue weighted by molar-refractivity contribution is 0.0931. The van der Waals surface area contributed by atoms with Crippen molar-refractivity contribution in [2.24, 2.45) is 0 Å². The van der Waals surface area contributed by atoms with Crippen LogP contribution in [0.5, 0.6) is 11.8 Å². The summed E-state index contributed by atoms with van der Waals surface area (Å²) in [6.45, 7) is 0. The third-order valence-corrected chi connectivity index (χ3v) is 4.57. The molecule has 2 aliphatic rings. The normalized spacial score (nSPS) is 25.5. The Labute approximate surface area is 138 Å². The van der Waals surface area contributed by atoms with Crippen molar-refractivity contribution >= 4 is 17.5 Å². The number of amides is 1. The monoisotopic (exact) mass is 333 g/mol. The van der Waals surface area contributed by atoms with Gasteiger partial charge in [-0.05, 0) is 43.5 Å². The van der Waals surface area contributed by atoms with E-state index in [4.69, 9.17) is 20.8 Å². The highest BCUT2D eigenvalue weighted by Crippen LogP contribution is 2.28. The van der Waals surface area contributed by atoms with Crippen LogP contribution in [0.15, 0.2) is 34.9 Å². The highest BCUT2D eigenvalue weighted by molar-refractivity contribution is 6.29. The van der Waals surface area contributed by atoms with Gasteiger partial charge in [0.05, 0.1) is 0 Å². The van der Waals surface area contributed by atoms with E-state index < -0.39 is 0 Å². The molecule has 0 radical (unpaired) electrons. The van der Waals surface area contributed by atoms with Crippen LogP contribution in [0.25, 0.3) is 0 Å². The van der Waals surface area contributed by atoms with Crippen LogP contribution in [0, 0.1) is 0 Å². The lowest BCUT2D eigenvalue weighted by Crippen LogP contribution is -2.42. The standard InChI is InChI=1S/C16H16ClN3O3/c17-14-8-22-16(20-14)23-11-4-1-9(2-5-11)15(21)19-13-7-10-3-6-12(13)18-10/h1-2,4-5,8,10,12-13,18H,3,6-7H2,(H,19,21)/t10-,12+,13-/m1/s1. The molecular formula is C16H16ClN3O3. The van der Waals surface area contributed by atoms with Crippen LogP contribution in [-0.4, -0.2) is 29.0 Å². The number of fused-ring (bicyclic) bond motifs is 2. The van der Waals surface area contributed by atoms with Gasteiger partial charge < -0.3 is 19.8 Å². The number of ether oxygens (including phenoxy) is 1. The molecule has 0 saturated carbocycles. The number of hydrogen-bond acceptors (Lipinski definition) is 5. The molecule has 4 rings (SSSR count). The molecule has 0 aliphatic carbocycles. The van der Waals surface area contributed by atoms with Crippen LogP contribution in [0.3, 0.4) is 0 Å². The zero-order chi connectivity index (χ0) is 15.8. The van der Waals surface area contributed by atoms with Gasteiger partial charge >= 0.3 is 6.08 Å². The molecule has 3 atom stereocenters. The van der Waals surface area contributed by atoms with Gasteiger partial charge in [0, 0.05) is 23.7 Å². The predicted octanol–water partition coefficient (Wildman–Crippen LogP) is 2.74. The molecule has 2 bridgehead atoms. The summed E-state index contributed by atoms with van der Waals surface area (Å²) in [5.41, 5.74) is 0.602. The topological polar surface area (TPSA) is 76.4 Å². The zero-order valence-electron chi connectivity index (χ0n) is 12.3. The quantitative estimate of drug-likeness (QED) is 0.899. The van der Waals surface area contributed by atoms with Crippen molar-refractivity contribution in [2.75, 3.05) is 0 Å². The molecule has 0 spiro atoms. The number of carbonyl (C=O) groups is 1. The number of hydrogen-bond donors (Lipinski definition) is 2. The summed E-state index contributed by atoms with van der Waals surface area (Å²) in [6.07, 6.45) is 4.74. The fraction of sp³-hybridized carbons (Fsp3) is 0.375. The van der Waals surface area contributed by atoms with Gasteiger partial charge in [0.2, 0.25) is 0 Å². The molecule has 3 heterocycles. The van der Waals surface area contributed by atoms with E-state index in [-0.39, 0.29) is 23.2 Å². The Kier molecular flexibility index (Phi) is 3.71. The van der Waals surface area contributed by atoms with Gasteiger partial charge in [0.15, 0.2) is 5.15 Å². The summed E-state index contributed by atoms with van der Waals surface area (Å²) < 4.78 is 10.4. The molecule has 2 fully saturated rings. The summed E-state index contributed by atoms with van der Waals surface area (Å²) in [4.78, 5) is 16.2. The molecular weight excluding hydrogens is 318 g/mol. The van der Waals surface area contributed by atoms with Gasteiger partial charge in [0.25, 0.3) is 5.91 Å². The molecule has 2 aliphatic heterocycles. The molecule has 2 N–H and O–H groups in total. The Bertz CT molecular complexity index is 716. The van der Waals surface area contributed by atoms with Crippen LogP contribution < -0.4 is 15.4 Å². The number of carbonyl (C=O) groups excluding carboxylic acids is 1. The number of nitrogens with one attached hydrogen (secondary N) is 2. The minimum atomic E-state index is -0.0601. The van der Waals surface area contributed by atoms with Crippen LogP contribution in [0.4, 0.5) is 0 Å². The number of benzene rings is 1. The predicted molar refractivity (Wildman–Crippen MR) is 83.8 cm³/mol. The number of nitrogens with zero attached hydrogens (tertiary/aromatic N) is 1. The molecule has 1 amide bonds. The Morgan fingerprint density at radius 1 is 1.35 bits per heavy atom. The highest BCUT2D eigenvalue weighted by atomic mass is 35.5. The summed E-state index contributed by atoms with van der Waals surface area (Å²) in [5.74, 6) is 0.469. The third-order valence-electron chi connectivity index (χ3n) is 4.39. The van der Waals surface area contributed by atoms with Crippen molar-refractivity contribution in [3.63, 3.8) is 0 Å². The molecule has 6 nitrogen and oxygen atoms in total. The molecule has 1 aromatic carbocycles. The van der Waals surface area contributed by atoms with Gasteiger partial charge in [-0.25, -0.2) is 0 Å². The molecule has 1 aromatic heterocycles. The van der Waals surface area contributed by atoms with Gasteiger partial charge in [0.1, 0.15) is 12.0 Å². The SMILES string of the molecule is O=C(N[C@@H]1C[C@H]2CC[C@@H]1N2)c1ccc(Oc2nc(Cl)co2)cc1. The summed E-state index contributed by atoms with van der Waals surface area (Å²) in [7, 11) is 0. The minimum absolute atomic E-state index is 0.0601. The second-order valence-corrected chi connectivity index (χ2v) is 6.31. The zero-order valence-corrected chi connectivity index (χ0v) is 13.0. The van der Waals surface area contributed by atoms with Crippen molar-refractivity contribution in [1.29, 1.82) is 0 Å². The first-order valence-electron chi connectivity index (χ1n) is 7.63. The summed E-state index contributed by atoms with van der Waals surface area (Å²) >= 11 is 5.66. The molecule has 120 valence electrons. The smallest absolute Gasteiger partial charge is 0.400 e. The summed E-state index contributed by atoms with van der Waals surface area (Å²) in [6, 6.07) is 8.05. The van der Waals surface area contributed by atoms with Gasteiger partial charge in [-0.2, -0.15) is 4.98 Å². The minimum Gasteiger partial charge on any atom is -0.416 e. The highest BCUT2D eigenvalue weighted by Gasteiger charge is 2.39. The van der Waals surface area contributed by atoms with Crippen molar-refractivity contribution in [1.82, 2.24) is 15.6 Å². The maximum absolute atomic E-state index is 12.3. The van der Waals surface area contributed by atoms with E-state index in [1.54, 1.807) is 24.3 Å². The van der Waals surface area contributed by atoms with Crippen molar-refractivity contribution in [3.8, 4) is 11.8 Å². The fourth-order valence-corrected chi connectivity index (χ4v) is 3.41. The van der Waals surface area contributed by atoms with Gasteiger partial charge in [-0.3, -0.25) is 4.79 Å². The van der Waals surface area contributed by atoms with Crippen molar-refractivity contribution in [2.45, 2.75) is 37.4 Å². The van der Waals surface area contributed by atoms with E-state index in [9.17, 15) is 4.79 Å². The average molecular weight is 334 g/mol. The van der Waals surface area contributed by atoms with Gasteiger partial charge in [-0.1, -0.05) is 11.6 Å². The Hall–Kier alpha value is -2.05. The van der Waals surface area contributed by atoms with Crippen LogP contribution in [-0.2, 0) is 0 Å². The van der Waals surface area contributed by atoms with Crippen LogP contribution >= 0.6 is 11.6 Å². The van der Waals surface area contributed by atoms with Gasteiger partial charge in [-0.15, -0.1) is 0 Å². The Balaban J connectivity index is 1.38. The third kappa shape index (κ3) is 3.04. The number of halogens is 1. The molecule has 2 aromatic rings. The second-order valence-electron chi connectivity index (χ2n) is 5.93. The largest absolute Gasteiger partial charge is 0.416 e. The lowest BCUT2D eigenvalue weighted by atomic mass is 9.95. The lowest BCUT2D eigenvalue weighted by Gasteiger charge is -2.21. The second kappa shape index (κ2) is 5.86. The molecule has 23 heavy (non-hydrogen) atoms. The number of aromatic nitrogens is 1. The average Bonchev–Trinajstić information content (AvgIpc) is 3.25. The van der Waals surface area contributed by atoms with Crippen LogP contribution in [0.2, 0.25) is 5.15 Å². The number of rotatable bonds is 4. The van der Waals surface area contributed by atoms with Crippen molar-refractivity contribution < 1.29 is 13.9 Å². The van der Waals surface area contributed by atoms with E-state index in [0.29, 0.717) is 23.4 Å². The Morgan fingerprint density at radius 3 is 2.78 bits per heavy atom. The van der Waals surface area contributed by atoms with Crippen LogP contribution in [0.1, 0.15) is 29.6 Å². The van der Waals surface area contributed by atoms with E-state index in [1.165, 1.54) is 12.7 Å². The molecule has 7 heteroatoms. The first kappa shape index (κ1) is 14.5. The molecule has 2 saturated heterocycles. The summed E-state index contributed by atoms with van der Waals surface area (Å²) in [5, 5.41) is 6.85. The first-order valence-corrected chi connectivity index (χ1v) is 8.01. The van der Waals surface area contributed by atoms with E-state index >= 15 is 0 Å². The Morgan fingerprint density at radius 2 is 2.17 bits per heavy atom. The number of oxazole rings is 1. The first-order chi connectivity index (χ1) is 11.2.